The van der Waals surface area contributed by atoms with Gasteiger partial charge in [0.05, 0.1) is 0 Å². The number of aryl methyl sites for hydroxylation is 1. The van der Waals surface area contributed by atoms with Gasteiger partial charge in [0.25, 0.3) is 0 Å². The number of carbonyl (C=O) groups excluding carboxylic acids is 2. The average molecular weight is 259 g/mol. The molecule has 0 radical (unpaired) electrons. The number of carbonyl (C=O) groups is 2. The summed E-state index contributed by atoms with van der Waals surface area (Å²) in [5.74, 6) is -0.794. The van der Waals surface area contributed by atoms with Gasteiger partial charge in [-0.2, -0.15) is 0 Å². The number of nitrogens with one attached hydrogen (secondary N) is 2. The fourth-order valence-electron chi connectivity index (χ4n) is 2.15. The first-order chi connectivity index (χ1) is 8.97. The van der Waals surface area contributed by atoms with Gasteiger partial charge in [0.15, 0.2) is 0 Å². The van der Waals surface area contributed by atoms with Crippen molar-refractivity contribution in [3.05, 3.63) is 35.5 Å². The number of hydrogen-bond donors (Lipinski definition) is 3. The summed E-state index contributed by atoms with van der Waals surface area (Å²) in [6.07, 6.45) is 2.24. The number of primary amides is 1. The van der Waals surface area contributed by atoms with E-state index in [0.29, 0.717) is 6.42 Å². The normalized spacial score (nSPS) is 12.3. The number of amides is 2. The van der Waals surface area contributed by atoms with Gasteiger partial charge < -0.3 is 16.0 Å². The Bertz CT molecular complexity index is 631. The summed E-state index contributed by atoms with van der Waals surface area (Å²) < 4.78 is 0. The second-order valence-corrected chi connectivity index (χ2v) is 4.72. The van der Waals surface area contributed by atoms with Crippen LogP contribution in [0.3, 0.4) is 0 Å². The molecule has 0 saturated carbocycles. The minimum atomic E-state index is -0.683. The molecule has 5 heteroatoms. The molecule has 19 heavy (non-hydrogen) atoms. The molecule has 0 bridgehead atoms. The molecule has 0 saturated heterocycles. The van der Waals surface area contributed by atoms with Crippen LogP contribution in [0.15, 0.2) is 24.4 Å². The molecule has 100 valence electrons. The lowest BCUT2D eigenvalue weighted by molar-refractivity contribution is -0.126. The van der Waals surface area contributed by atoms with E-state index >= 15 is 0 Å². The third kappa shape index (κ3) is 2.93. The molecule has 1 aromatic heterocycles. The third-order valence-corrected chi connectivity index (χ3v) is 3.07. The molecule has 2 amide bonds. The van der Waals surface area contributed by atoms with Crippen molar-refractivity contribution < 1.29 is 9.59 Å². The molecule has 1 unspecified atom stereocenters. The summed E-state index contributed by atoms with van der Waals surface area (Å²) in [5.41, 5.74) is 8.43. The second kappa shape index (κ2) is 5.14. The highest BCUT2D eigenvalue weighted by molar-refractivity contribution is 5.88. The van der Waals surface area contributed by atoms with E-state index in [1.54, 1.807) is 0 Å². The highest BCUT2D eigenvalue weighted by atomic mass is 16.2. The van der Waals surface area contributed by atoms with Crippen molar-refractivity contribution in [2.24, 2.45) is 5.73 Å². The van der Waals surface area contributed by atoms with Crippen molar-refractivity contribution in [1.29, 1.82) is 0 Å². The van der Waals surface area contributed by atoms with Gasteiger partial charge in [0, 0.05) is 30.4 Å². The van der Waals surface area contributed by atoms with Gasteiger partial charge >= 0.3 is 0 Å². The summed E-state index contributed by atoms with van der Waals surface area (Å²) in [7, 11) is 0. The third-order valence-electron chi connectivity index (χ3n) is 3.07. The summed E-state index contributed by atoms with van der Waals surface area (Å²) in [6, 6.07) is 5.37. The lowest BCUT2D eigenvalue weighted by Crippen LogP contribution is -2.44. The van der Waals surface area contributed by atoms with Gasteiger partial charge in [-0.1, -0.05) is 11.6 Å². The van der Waals surface area contributed by atoms with Gasteiger partial charge in [-0.15, -0.1) is 0 Å². The maximum absolute atomic E-state index is 11.4. The summed E-state index contributed by atoms with van der Waals surface area (Å²) in [5, 5.41) is 3.62. The molecule has 1 aromatic carbocycles. The summed E-state index contributed by atoms with van der Waals surface area (Å²) in [6.45, 7) is 3.38. The lowest BCUT2D eigenvalue weighted by atomic mass is 10.0. The Hall–Kier alpha value is -2.30. The van der Waals surface area contributed by atoms with Gasteiger partial charge in [0.1, 0.15) is 6.04 Å². The Kier molecular flexibility index (Phi) is 3.55. The Labute approximate surface area is 111 Å². The zero-order chi connectivity index (χ0) is 14.0. The van der Waals surface area contributed by atoms with Crippen LogP contribution in [-0.2, 0) is 16.0 Å². The minimum Gasteiger partial charge on any atom is -0.368 e. The molecular formula is C14H17N3O2. The first-order valence-corrected chi connectivity index (χ1v) is 6.10. The van der Waals surface area contributed by atoms with Gasteiger partial charge in [0.2, 0.25) is 11.8 Å². The molecule has 0 aliphatic heterocycles. The Morgan fingerprint density at radius 1 is 1.42 bits per heavy atom. The number of aromatic nitrogens is 1. The molecule has 1 heterocycles. The number of rotatable bonds is 4. The fraction of sp³-hybridized carbons (Fsp3) is 0.286. The fourth-order valence-corrected chi connectivity index (χ4v) is 2.15. The molecule has 2 aromatic rings. The van der Waals surface area contributed by atoms with E-state index in [4.69, 9.17) is 5.73 Å². The number of fused-ring (bicyclic) bond motifs is 1. The van der Waals surface area contributed by atoms with Crippen LogP contribution >= 0.6 is 0 Å². The number of aromatic amines is 1. The summed E-state index contributed by atoms with van der Waals surface area (Å²) in [4.78, 5) is 25.6. The molecule has 0 fully saturated rings. The number of nitrogens with two attached hydrogens (primary N) is 1. The largest absolute Gasteiger partial charge is 0.368 e. The van der Waals surface area contributed by atoms with E-state index in [-0.39, 0.29) is 5.91 Å². The number of benzene rings is 1. The second-order valence-electron chi connectivity index (χ2n) is 4.72. The van der Waals surface area contributed by atoms with Gasteiger partial charge in [-0.25, -0.2) is 0 Å². The zero-order valence-corrected chi connectivity index (χ0v) is 11.0. The molecule has 0 aliphatic carbocycles. The van der Waals surface area contributed by atoms with E-state index in [9.17, 15) is 9.59 Å². The number of H-pyrrole nitrogens is 1. The molecule has 4 N–H and O–H groups in total. The van der Waals surface area contributed by atoms with E-state index in [1.807, 2.05) is 31.3 Å². The van der Waals surface area contributed by atoms with Crippen LogP contribution in [0, 0.1) is 6.92 Å². The summed E-state index contributed by atoms with van der Waals surface area (Å²) >= 11 is 0. The predicted molar refractivity (Wildman–Crippen MR) is 73.5 cm³/mol. The van der Waals surface area contributed by atoms with Crippen molar-refractivity contribution in [3.8, 4) is 0 Å². The van der Waals surface area contributed by atoms with E-state index in [1.165, 1.54) is 6.92 Å². The smallest absolute Gasteiger partial charge is 0.240 e. The van der Waals surface area contributed by atoms with Crippen LogP contribution in [0.2, 0.25) is 0 Å². The molecule has 5 nitrogen and oxygen atoms in total. The Balaban J connectivity index is 2.31. The maximum Gasteiger partial charge on any atom is 0.240 e. The van der Waals surface area contributed by atoms with Gasteiger partial charge in [-0.05, 0) is 24.6 Å². The minimum absolute atomic E-state index is 0.264. The van der Waals surface area contributed by atoms with Crippen LogP contribution in [0.1, 0.15) is 18.1 Å². The number of hydrogen-bond acceptors (Lipinski definition) is 2. The van der Waals surface area contributed by atoms with Crippen molar-refractivity contribution in [2.75, 3.05) is 0 Å². The van der Waals surface area contributed by atoms with Crippen LogP contribution in [-0.4, -0.2) is 22.8 Å². The van der Waals surface area contributed by atoms with Crippen molar-refractivity contribution >= 4 is 22.7 Å². The van der Waals surface area contributed by atoms with Crippen LogP contribution < -0.4 is 11.1 Å². The maximum atomic E-state index is 11.4. The standard InChI is InChI=1S/C14H17N3O2/c1-8-3-4-12-11(5-8)10(7-16-12)6-13(14(15)19)17-9(2)18/h3-5,7,13,16H,6H2,1-2H3,(H2,15,19)(H,17,18). The van der Waals surface area contributed by atoms with Crippen molar-refractivity contribution in [2.45, 2.75) is 26.3 Å². The highest BCUT2D eigenvalue weighted by Crippen LogP contribution is 2.20. The first-order valence-electron chi connectivity index (χ1n) is 6.10. The quantitative estimate of drug-likeness (QED) is 0.765. The molecular weight excluding hydrogens is 242 g/mol. The highest BCUT2D eigenvalue weighted by Gasteiger charge is 2.18. The average Bonchev–Trinajstić information content (AvgIpc) is 2.70. The molecule has 0 aliphatic rings. The molecule has 0 spiro atoms. The van der Waals surface area contributed by atoms with E-state index < -0.39 is 11.9 Å². The Morgan fingerprint density at radius 2 is 2.16 bits per heavy atom. The van der Waals surface area contributed by atoms with Crippen LogP contribution in [0.5, 0.6) is 0 Å². The predicted octanol–water partition coefficient (Wildman–Crippen LogP) is 1.01. The Morgan fingerprint density at radius 3 is 2.79 bits per heavy atom. The first kappa shape index (κ1) is 13.1. The van der Waals surface area contributed by atoms with Crippen LogP contribution in [0.4, 0.5) is 0 Å². The SMILES string of the molecule is CC(=O)NC(Cc1c[nH]c2ccc(C)cc12)C(N)=O. The van der Waals surface area contributed by atoms with Gasteiger partial charge in [-0.3, -0.25) is 9.59 Å². The van der Waals surface area contributed by atoms with Crippen molar-refractivity contribution in [3.63, 3.8) is 0 Å². The van der Waals surface area contributed by atoms with Crippen LogP contribution in [0.25, 0.3) is 10.9 Å². The van der Waals surface area contributed by atoms with E-state index in [0.717, 1.165) is 22.0 Å². The zero-order valence-electron chi connectivity index (χ0n) is 11.0. The lowest BCUT2D eigenvalue weighted by Gasteiger charge is -2.13. The van der Waals surface area contributed by atoms with E-state index in [2.05, 4.69) is 10.3 Å². The molecule has 2 rings (SSSR count). The molecule has 1 atom stereocenters. The topological polar surface area (TPSA) is 88.0 Å². The van der Waals surface area contributed by atoms with Crippen molar-refractivity contribution in [1.82, 2.24) is 10.3 Å². The monoisotopic (exact) mass is 259 g/mol.